The zero-order valence-electron chi connectivity index (χ0n) is 7.46. The minimum Gasteiger partial charge on any atom is -0.421 e. The van der Waals surface area contributed by atoms with E-state index in [0.717, 1.165) is 0 Å². The molecule has 0 aliphatic rings. The van der Waals surface area contributed by atoms with Gasteiger partial charge in [0, 0.05) is 6.92 Å². The predicted molar refractivity (Wildman–Crippen MR) is 43.9 cm³/mol. The van der Waals surface area contributed by atoms with Gasteiger partial charge in [-0.3, -0.25) is 9.59 Å². The summed E-state index contributed by atoms with van der Waals surface area (Å²) in [6.07, 6.45) is 1.50. The van der Waals surface area contributed by atoms with Crippen molar-refractivity contribution in [1.29, 1.82) is 0 Å². The van der Waals surface area contributed by atoms with Gasteiger partial charge in [0.1, 0.15) is 0 Å². The zero-order valence-corrected chi connectivity index (χ0v) is 7.46. The Balaban J connectivity index is 4.44. The molecule has 68 valence electrons. The number of hydrogen-bond acceptors (Lipinski definition) is 3. The van der Waals surface area contributed by atoms with Gasteiger partial charge in [-0.15, -0.1) is 0 Å². The second-order valence-corrected chi connectivity index (χ2v) is 2.73. The number of nitrogens with two attached hydrogens (primary N) is 1. The van der Waals surface area contributed by atoms with E-state index in [2.05, 4.69) is 4.74 Å². The SMILES string of the molecule is CC(=O)OC(=CC(C)C)C(N)=O. The van der Waals surface area contributed by atoms with Crippen LogP contribution in [0, 0.1) is 5.92 Å². The van der Waals surface area contributed by atoms with Gasteiger partial charge in [0.2, 0.25) is 0 Å². The summed E-state index contributed by atoms with van der Waals surface area (Å²) in [6, 6.07) is 0. The van der Waals surface area contributed by atoms with Crippen molar-refractivity contribution in [2.45, 2.75) is 20.8 Å². The first-order chi connectivity index (χ1) is 5.43. The number of allylic oxidation sites excluding steroid dienone is 1. The molecule has 0 aliphatic carbocycles. The van der Waals surface area contributed by atoms with Crippen molar-refractivity contribution in [2.75, 3.05) is 0 Å². The molecular formula is C8H13NO3. The average Bonchev–Trinajstić information content (AvgIpc) is 1.83. The highest BCUT2D eigenvalue weighted by atomic mass is 16.5. The predicted octanol–water partition coefficient (Wildman–Crippen LogP) is 0.575. The summed E-state index contributed by atoms with van der Waals surface area (Å²) >= 11 is 0. The number of esters is 1. The molecule has 0 aliphatic heterocycles. The third-order valence-corrected chi connectivity index (χ3v) is 0.981. The lowest BCUT2D eigenvalue weighted by atomic mass is 10.2. The number of rotatable bonds is 3. The van der Waals surface area contributed by atoms with Crippen LogP contribution in [0.5, 0.6) is 0 Å². The highest BCUT2D eigenvalue weighted by Gasteiger charge is 2.09. The Labute approximate surface area is 71.4 Å². The fourth-order valence-electron chi connectivity index (χ4n) is 0.624. The van der Waals surface area contributed by atoms with E-state index in [9.17, 15) is 9.59 Å². The van der Waals surface area contributed by atoms with Crippen LogP contribution in [0.15, 0.2) is 11.8 Å². The minimum absolute atomic E-state index is 0.0856. The summed E-state index contributed by atoms with van der Waals surface area (Å²) in [5.41, 5.74) is 4.95. The van der Waals surface area contributed by atoms with Crippen LogP contribution in [-0.2, 0) is 14.3 Å². The van der Waals surface area contributed by atoms with Gasteiger partial charge in [-0.05, 0) is 12.0 Å². The minimum atomic E-state index is -0.723. The summed E-state index contributed by atoms with van der Waals surface area (Å²) in [5, 5.41) is 0. The molecule has 0 saturated heterocycles. The Morgan fingerprint density at radius 3 is 2.17 bits per heavy atom. The van der Waals surface area contributed by atoms with Gasteiger partial charge in [0.15, 0.2) is 5.76 Å². The lowest BCUT2D eigenvalue weighted by molar-refractivity contribution is -0.140. The highest BCUT2D eigenvalue weighted by molar-refractivity contribution is 5.92. The molecule has 0 aromatic rings. The van der Waals surface area contributed by atoms with Crippen LogP contribution in [0.25, 0.3) is 0 Å². The molecule has 0 fully saturated rings. The molecule has 0 radical (unpaired) electrons. The molecule has 0 aromatic carbocycles. The molecule has 0 saturated carbocycles. The number of amides is 1. The first-order valence-corrected chi connectivity index (χ1v) is 3.63. The molecule has 0 bridgehead atoms. The maximum atomic E-state index is 10.6. The van der Waals surface area contributed by atoms with Gasteiger partial charge in [-0.25, -0.2) is 0 Å². The van der Waals surface area contributed by atoms with Gasteiger partial charge in [-0.2, -0.15) is 0 Å². The van der Waals surface area contributed by atoms with Crippen molar-refractivity contribution in [2.24, 2.45) is 11.7 Å². The quantitative estimate of drug-likeness (QED) is 0.383. The lowest BCUT2D eigenvalue weighted by Crippen LogP contribution is -2.18. The number of hydrogen-bond donors (Lipinski definition) is 1. The smallest absolute Gasteiger partial charge is 0.308 e. The number of ether oxygens (including phenoxy) is 1. The molecule has 0 aromatic heterocycles. The zero-order chi connectivity index (χ0) is 9.72. The van der Waals surface area contributed by atoms with Crippen LogP contribution >= 0.6 is 0 Å². The van der Waals surface area contributed by atoms with Crippen LogP contribution in [0.2, 0.25) is 0 Å². The van der Waals surface area contributed by atoms with Gasteiger partial charge < -0.3 is 10.5 Å². The molecule has 4 nitrogen and oxygen atoms in total. The lowest BCUT2D eigenvalue weighted by Gasteiger charge is -2.03. The van der Waals surface area contributed by atoms with E-state index >= 15 is 0 Å². The van der Waals surface area contributed by atoms with Crippen molar-refractivity contribution in [3.8, 4) is 0 Å². The molecule has 4 heteroatoms. The van der Waals surface area contributed by atoms with Crippen molar-refractivity contribution in [3.05, 3.63) is 11.8 Å². The van der Waals surface area contributed by atoms with E-state index < -0.39 is 11.9 Å². The summed E-state index contributed by atoms with van der Waals surface area (Å²) in [4.78, 5) is 21.1. The Hall–Kier alpha value is -1.32. The normalized spacial score (nSPS) is 11.5. The maximum Gasteiger partial charge on any atom is 0.308 e. The standard InChI is InChI=1S/C8H13NO3/c1-5(2)4-7(8(9)11)12-6(3)10/h4-5H,1-3H3,(H2,9,11). The third kappa shape index (κ3) is 4.49. The topological polar surface area (TPSA) is 69.4 Å². The molecule has 0 rings (SSSR count). The number of primary amides is 1. The van der Waals surface area contributed by atoms with E-state index in [1.54, 1.807) is 0 Å². The molecule has 2 N–H and O–H groups in total. The van der Waals surface area contributed by atoms with E-state index in [0.29, 0.717) is 0 Å². The molecular weight excluding hydrogens is 158 g/mol. The van der Waals surface area contributed by atoms with E-state index in [1.165, 1.54) is 13.0 Å². The second-order valence-electron chi connectivity index (χ2n) is 2.73. The highest BCUT2D eigenvalue weighted by Crippen LogP contribution is 2.03. The van der Waals surface area contributed by atoms with Gasteiger partial charge in [0.25, 0.3) is 5.91 Å². The van der Waals surface area contributed by atoms with E-state index in [1.807, 2.05) is 13.8 Å². The summed E-state index contributed by atoms with van der Waals surface area (Å²) in [6.45, 7) is 4.93. The van der Waals surface area contributed by atoms with Crippen LogP contribution in [-0.4, -0.2) is 11.9 Å². The summed E-state index contributed by atoms with van der Waals surface area (Å²) < 4.78 is 4.57. The Kier molecular flexibility index (Phi) is 4.04. The molecule has 0 atom stereocenters. The first kappa shape index (κ1) is 10.7. The van der Waals surface area contributed by atoms with E-state index in [4.69, 9.17) is 5.73 Å². The first-order valence-electron chi connectivity index (χ1n) is 3.63. The second kappa shape index (κ2) is 4.54. The molecule has 0 heterocycles. The number of carbonyl (C=O) groups excluding carboxylic acids is 2. The van der Waals surface area contributed by atoms with Crippen LogP contribution in [0.1, 0.15) is 20.8 Å². The summed E-state index contributed by atoms with van der Waals surface area (Å²) in [5.74, 6) is -1.23. The molecule has 0 spiro atoms. The third-order valence-electron chi connectivity index (χ3n) is 0.981. The maximum absolute atomic E-state index is 10.6. The average molecular weight is 171 g/mol. The molecule has 0 unspecified atom stereocenters. The van der Waals surface area contributed by atoms with Crippen LogP contribution in [0.4, 0.5) is 0 Å². The van der Waals surface area contributed by atoms with E-state index in [-0.39, 0.29) is 11.7 Å². The van der Waals surface area contributed by atoms with Crippen molar-refractivity contribution < 1.29 is 14.3 Å². The van der Waals surface area contributed by atoms with Crippen molar-refractivity contribution >= 4 is 11.9 Å². The van der Waals surface area contributed by atoms with Crippen molar-refractivity contribution in [3.63, 3.8) is 0 Å². The fourth-order valence-corrected chi connectivity index (χ4v) is 0.624. The molecule has 12 heavy (non-hydrogen) atoms. The number of carbonyl (C=O) groups is 2. The Bertz CT molecular complexity index is 218. The fraction of sp³-hybridized carbons (Fsp3) is 0.500. The Morgan fingerprint density at radius 1 is 1.42 bits per heavy atom. The molecule has 1 amide bonds. The van der Waals surface area contributed by atoms with Gasteiger partial charge in [0.05, 0.1) is 0 Å². The monoisotopic (exact) mass is 171 g/mol. The Morgan fingerprint density at radius 2 is 1.92 bits per heavy atom. The largest absolute Gasteiger partial charge is 0.421 e. The van der Waals surface area contributed by atoms with Gasteiger partial charge in [-0.1, -0.05) is 13.8 Å². The van der Waals surface area contributed by atoms with Crippen LogP contribution in [0.3, 0.4) is 0 Å². The van der Waals surface area contributed by atoms with Crippen LogP contribution < -0.4 is 5.73 Å². The van der Waals surface area contributed by atoms with Crippen molar-refractivity contribution in [1.82, 2.24) is 0 Å². The summed E-state index contributed by atoms with van der Waals surface area (Å²) in [7, 11) is 0. The van der Waals surface area contributed by atoms with Gasteiger partial charge >= 0.3 is 5.97 Å².